The molecule has 0 saturated carbocycles. The molecule has 0 bridgehead atoms. The first-order valence-electron chi connectivity index (χ1n) is 11.7. The Bertz CT molecular complexity index is 1110. The van der Waals surface area contributed by atoms with E-state index < -0.39 is 0 Å². The van der Waals surface area contributed by atoms with Gasteiger partial charge < -0.3 is 10.6 Å². The molecule has 0 spiro atoms. The van der Waals surface area contributed by atoms with Crippen LogP contribution < -0.4 is 10.6 Å². The SMILES string of the molecule is CC(C)(C)C1CCc2c(sc(NC(=O)c3ccccc3)c2C(=O)NCCc2ccccc2)C1. The van der Waals surface area contributed by atoms with Gasteiger partial charge in [-0.25, -0.2) is 0 Å². The Morgan fingerprint density at radius 2 is 1.64 bits per heavy atom. The maximum Gasteiger partial charge on any atom is 0.256 e. The number of hydrogen-bond donors (Lipinski definition) is 2. The third-order valence-electron chi connectivity index (χ3n) is 6.52. The summed E-state index contributed by atoms with van der Waals surface area (Å²) in [6.45, 7) is 7.41. The van der Waals surface area contributed by atoms with Gasteiger partial charge in [0, 0.05) is 17.0 Å². The van der Waals surface area contributed by atoms with Crippen molar-refractivity contribution in [2.45, 2.75) is 46.5 Å². The Morgan fingerprint density at radius 3 is 2.30 bits per heavy atom. The lowest BCUT2D eigenvalue weighted by Gasteiger charge is -2.33. The molecule has 2 N–H and O–H groups in total. The first-order chi connectivity index (χ1) is 15.8. The van der Waals surface area contributed by atoms with E-state index in [-0.39, 0.29) is 17.2 Å². The Kier molecular flexibility index (Phi) is 6.99. The van der Waals surface area contributed by atoms with E-state index >= 15 is 0 Å². The van der Waals surface area contributed by atoms with Crippen LogP contribution in [0, 0.1) is 11.3 Å². The fourth-order valence-electron chi connectivity index (χ4n) is 4.47. The van der Waals surface area contributed by atoms with E-state index in [0.29, 0.717) is 28.6 Å². The number of anilines is 1. The maximum atomic E-state index is 13.3. The predicted molar refractivity (Wildman–Crippen MR) is 136 cm³/mol. The van der Waals surface area contributed by atoms with Gasteiger partial charge in [0.15, 0.2) is 0 Å². The molecule has 1 aromatic heterocycles. The van der Waals surface area contributed by atoms with Gasteiger partial charge in [-0.3, -0.25) is 9.59 Å². The average Bonchev–Trinajstić information content (AvgIpc) is 3.16. The van der Waals surface area contributed by atoms with Crippen LogP contribution in [0.3, 0.4) is 0 Å². The van der Waals surface area contributed by atoms with Crippen molar-refractivity contribution in [2.24, 2.45) is 11.3 Å². The van der Waals surface area contributed by atoms with Crippen molar-refractivity contribution in [3.8, 4) is 0 Å². The van der Waals surface area contributed by atoms with Gasteiger partial charge in [0.1, 0.15) is 5.00 Å². The van der Waals surface area contributed by atoms with Crippen molar-refractivity contribution in [3.63, 3.8) is 0 Å². The molecule has 172 valence electrons. The molecule has 3 aromatic rings. The quantitative estimate of drug-likeness (QED) is 0.465. The maximum absolute atomic E-state index is 13.3. The Labute approximate surface area is 200 Å². The minimum atomic E-state index is -0.181. The van der Waals surface area contributed by atoms with Crippen LogP contribution in [-0.4, -0.2) is 18.4 Å². The summed E-state index contributed by atoms with van der Waals surface area (Å²) in [7, 11) is 0. The van der Waals surface area contributed by atoms with E-state index in [1.165, 1.54) is 10.4 Å². The number of thiophene rings is 1. The molecule has 0 radical (unpaired) electrons. The summed E-state index contributed by atoms with van der Waals surface area (Å²) >= 11 is 1.57. The van der Waals surface area contributed by atoms with Gasteiger partial charge in [-0.2, -0.15) is 0 Å². The Hall–Kier alpha value is -2.92. The number of benzene rings is 2. The van der Waals surface area contributed by atoms with Crippen LogP contribution in [0.25, 0.3) is 0 Å². The van der Waals surface area contributed by atoms with Crippen molar-refractivity contribution < 1.29 is 9.59 Å². The van der Waals surface area contributed by atoms with E-state index in [4.69, 9.17) is 0 Å². The van der Waals surface area contributed by atoms with E-state index in [1.807, 2.05) is 36.4 Å². The molecule has 1 unspecified atom stereocenters. The van der Waals surface area contributed by atoms with E-state index in [9.17, 15) is 9.59 Å². The third kappa shape index (κ3) is 5.53. The lowest BCUT2D eigenvalue weighted by Crippen LogP contribution is -2.29. The fourth-order valence-corrected chi connectivity index (χ4v) is 5.79. The Balaban J connectivity index is 1.57. The summed E-state index contributed by atoms with van der Waals surface area (Å²) in [4.78, 5) is 27.5. The highest BCUT2D eigenvalue weighted by Gasteiger charge is 2.34. The molecule has 2 aromatic carbocycles. The molecule has 1 aliphatic carbocycles. The summed E-state index contributed by atoms with van der Waals surface area (Å²) in [6, 6.07) is 19.3. The summed E-state index contributed by atoms with van der Waals surface area (Å²) < 4.78 is 0. The van der Waals surface area contributed by atoms with Crippen molar-refractivity contribution in [2.75, 3.05) is 11.9 Å². The number of nitrogens with one attached hydrogen (secondary N) is 2. The van der Waals surface area contributed by atoms with Gasteiger partial charge in [0.2, 0.25) is 0 Å². The van der Waals surface area contributed by atoms with Crippen molar-refractivity contribution in [1.29, 1.82) is 0 Å². The van der Waals surface area contributed by atoms with Crippen LogP contribution in [0.1, 0.15) is 63.9 Å². The standard InChI is InChI=1S/C28H32N2O2S/c1-28(2,3)21-14-15-22-23(18-21)33-27(30-25(31)20-12-8-5-9-13-20)24(22)26(32)29-17-16-19-10-6-4-7-11-19/h4-13,21H,14-18H2,1-3H3,(H,29,32)(H,30,31). The average molecular weight is 461 g/mol. The third-order valence-corrected chi connectivity index (χ3v) is 7.69. The zero-order valence-electron chi connectivity index (χ0n) is 19.6. The summed E-state index contributed by atoms with van der Waals surface area (Å²) in [5.41, 5.74) is 3.76. The smallest absolute Gasteiger partial charge is 0.256 e. The second-order valence-corrected chi connectivity index (χ2v) is 10.9. The van der Waals surface area contributed by atoms with Gasteiger partial charge in [-0.05, 0) is 60.3 Å². The number of amides is 2. The van der Waals surface area contributed by atoms with E-state index in [0.717, 1.165) is 31.2 Å². The molecule has 1 atom stereocenters. The second kappa shape index (κ2) is 9.92. The van der Waals surface area contributed by atoms with Gasteiger partial charge in [-0.1, -0.05) is 69.3 Å². The number of rotatable bonds is 6. The van der Waals surface area contributed by atoms with Gasteiger partial charge in [0.25, 0.3) is 11.8 Å². The zero-order chi connectivity index (χ0) is 23.4. The van der Waals surface area contributed by atoms with Crippen LogP contribution >= 0.6 is 11.3 Å². The topological polar surface area (TPSA) is 58.2 Å². The molecule has 5 heteroatoms. The predicted octanol–water partition coefficient (Wildman–Crippen LogP) is 6.12. The first kappa shape index (κ1) is 23.2. The van der Waals surface area contributed by atoms with E-state index in [1.54, 1.807) is 23.5 Å². The molecule has 4 nitrogen and oxygen atoms in total. The van der Waals surface area contributed by atoms with E-state index in [2.05, 4.69) is 43.5 Å². The lowest BCUT2D eigenvalue weighted by atomic mass is 9.72. The Morgan fingerprint density at radius 1 is 0.970 bits per heavy atom. The highest BCUT2D eigenvalue weighted by Crippen LogP contribution is 2.44. The van der Waals surface area contributed by atoms with Crippen LogP contribution in [0.2, 0.25) is 0 Å². The highest BCUT2D eigenvalue weighted by atomic mass is 32.1. The minimum absolute atomic E-state index is 0.0963. The molecular formula is C28H32N2O2S. The van der Waals surface area contributed by atoms with Gasteiger partial charge in [0.05, 0.1) is 5.56 Å². The van der Waals surface area contributed by atoms with Gasteiger partial charge in [-0.15, -0.1) is 11.3 Å². The molecule has 0 aliphatic heterocycles. The van der Waals surface area contributed by atoms with Crippen LogP contribution in [0.4, 0.5) is 5.00 Å². The molecule has 1 heterocycles. The summed E-state index contributed by atoms with van der Waals surface area (Å²) in [6.07, 6.45) is 3.66. The largest absolute Gasteiger partial charge is 0.352 e. The second-order valence-electron chi connectivity index (χ2n) is 9.83. The van der Waals surface area contributed by atoms with Crippen LogP contribution in [0.15, 0.2) is 60.7 Å². The lowest BCUT2D eigenvalue weighted by molar-refractivity contribution is 0.0954. The van der Waals surface area contributed by atoms with Gasteiger partial charge >= 0.3 is 0 Å². The van der Waals surface area contributed by atoms with Crippen molar-refractivity contribution >= 4 is 28.2 Å². The minimum Gasteiger partial charge on any atom is -0.352 e. The highest BCUT2D eigenvalue weighted by molar-refractivity contribution is 7.17. The number of carbonyl (C=O) groups excluding carboxylic acids is 2. The normalized spacial score (nSPS) is 15.5. The number of hydrogen-bond acceptors (Lipinski definition) is 3. The van der Waals surface area contributed by atoms with Crippen LogP contribution in [-0.2, 0) is 19.3 Å². The number of fused-ring (bicyclic) bond motifs is 1. The molecule has 1 aliphatic rings. The molecule has 4 rings (SSSR count). The first-order valence-corrected chi connectivity index (χ1v) is 12.5. The monoisotopic (exact) mass is 460 g/mol. The van der Waals surface area contributed by atoms with Crippen LogP contribution in [0.5, 0.6) is 0 Å². The fraction of sp³-hybridized carbons (Fsp3) is 0.357. The zero-order valence-corrected chi connectivity index (χ0v) is 20.4. The number of carbonyl (C=O) groups is 2. The molecule has 2 amide bonds. The molecular weight excluding hydrogens is 428 g/mol. The van der Waals surface area contributed by atoms with Crippen molar-refractivity contribution in [3.05, 3.63) is 87.8 Å². The summed E-state index contributed by atoms with van der Waals surface area (Å²) in [5, 5.41) is 6.81. The summed E-state index contributed by atoms with van der Waals surface area (Å²) in [5.74, 6) is 0.288. The molecule has 0 saturated heterocycles. The van der Waals surface area contributed by atoms with Crippen molar-refractivity contribution in [1.82, 2.24) is 5.32 Å². The molecule has 0 fully saturated rings. The molecule has 33 heavy (non-hydrogen) atoms.